The van der Waals surface area contributed by atoms with E-state index in [1.807, 2.05) is 42.1 Å². The number of anilines is 2. The molecule has 0 spiro atoms. The standard InChI is InChI=1S/C23H24N4O2/c1-15-12-13-24-23-20(15)25-14-26(23)27(21-16(2)8-6-9-17(21)3)18-10-7-11-19(28-4)22(18)29-5/h6-14H,1-5H3. The van der Waals surface area contributed by atoms with Crippen LogP contribution in [0.2, 0.25) is 0 Å². The molecule has 0 bridgehead atoms. The molecule has 2 aromatic carbocycles. The third-order valence-corrected chi connectivity index (χ3v) is 5.10. The van der Waals surface area contributed by atoms with E-state index < -0.39 is 0 Å². The molecule has 0 atom stereocenters. The summed E-state index contributed by atoms with van der Waals surface area (Å²) in [4.78, 5) is 9.25. The van der Waals surface area contributed by atoms with Gasteiger partial charge in [0.1, 0.15) is 17.5 Å². The monoisotopic (exact) mass is 388 g/mol. The molecule has 0 saturated heterocycles. The molecule has 148 valence electrons. The van der Waals surface area contributed by atoms with E-state index in [4.69, 9.17) is 9.47 Å². The average Bonchev–Trinajstić information content (AvgIpc) is 3.15. The number of hydrogen-bond acceptors (Lipinski definition) is 5. The topological polar surface area (TPSA) is 52.4 Å². The molecule has 0 aliphatic rings. The number of ether oxygens (including phenoxy) is 2. The van der Waals surface area contributed by atoms with Gasteiger partial charge < -0.3 is 9.47 Å². The Labute approximate surface area is 170 Å². The van der Waals surface area contributed by atoms with E-state index in [2.05, 4.69) is 47.0 Å². The van der Waals surface area contributed by atoms with Gasteiger partial charge in [-0.3, -0.25) is 0 Å². The summed E-state index contributed by atoms with van der Waals surface area (Å²) >= 11 is 0. The number of para-hydroxylation sites is 2. The number of pyridine rings is 1. The van der Waals surface area contributed by atoms with E-state index in [0.717, 1.165) is 39.2 Å². The number of rotatable bonds is 5. The van der Waals surface area contributed by atoms with E-state index in [-0.39, 0.29) is 0 Å². The summed E-state index contributed by atoms with van der Waals surface area (Å²) in [5, 5.41) is 2.09. The van der Waals surface area contributed by atoms with Crippen molar-refractivity contribution >= 4 is 22.5 Å². The minimum atomic E-state index is 0.646. The highest BCUT2D eigenvalue weighted by atomic mass is 16.5. The number of methoxy groups -OCH3 is 2. The number of aryl methyl sites for hydroxylation is 3. The van der Waals surface area contributed by atoms with Crippen LogP contribution in [0.1, 0.15) is 16.7 Å². The zero-order chi connectivity index (χ0) is 20.5. The Hall–Kier alpha value is -3.54. The first kappa shape index (κ1) is 18.8. The van der Waals surface area contributed by atoms with E-state index in [9.17, 15) is 0 Å². The third kappa shape index (κ3) is 3.06. The first-order chi connectivity index (χ1) is 14.1. The molecule has 2 aromatic heterocycles. The molecule has 0 unspecified atom stereocenters. The molecular weight excluding hydrogens is 364 g/mol. The van der Waals surface area contributed by atoms with Crippen molar-refractivity contribution in [1.29, 1.82) is 0 Å². The molecule has 0 aliphatic heterocycles. The third-order valence-electron chi connectivity index (χ3n) is 5.10. The van der Waals surface area contributed by atoms with E-state index in [1.54, 1.807) is 20.5 Å². The van der Waals surface area contributed by atoms with Gasteiger partial charge in [-0.05, 0) is 55.7 Å². The van der Waals surface area contributed by atoms with Crippen molar-refractivity contribution in [2.75, 3.05) is 19.2 Å². The molecular formula is C23H24N4O2. The fourth-order valence-corrected chi connectivity index (χ4v) is 3.70. The van der Waals surface area contributed by atoms with E-state index >= 15 is 0 Å². The lowest BCUT2D eigenvalue weighted by Gasteiger charge is -2.30. The van der Waals surface area contributed by atoms with Crippen LogP contribution in [0.15, 0.2) is 55.0 Å². The minimum Gasteiger partial charge on any atom is -0.493 e. The molecule has 0 radical (unpaired) electrons. The number of imidazole rings is 1. The first-order valence-corrected chi connectivity index (χ1v) is 9.43. The van der Waals surface area contributed by atoms with E-state index in [0.29, 0.717) is 11.5 Å². The summed E-state index contributed by atoms with van der Waals surface area (Å²) in [5.41, 5.74) is 6.86. The van der Waals surface area contributed by atoms with Crippen LogP contribution in [0.5, 0.6) is 11.5 Å². The number of fused-ring (bicyclic) bond motifs is 1. The maximum absolute atomic E-state index is 5.76. The van der Waals surface area contributed by atoms with Crippen molar-refractivity contribution in [3.05, 3.63) is 71.7 Å². The van der Waals surface area contributed by atoms with Gasteiger partial charge in [0.25, 0.3) is 0 Å². The fourth-order valence-electron chi connectivity index (χ4n) is 3.70. The van der Waals surface area contributed by atoms with Crippen LogP contribution in [0.4, 0.5) is 11.4 Å². The lowest BCUT2D eigenvalue weighted by molar-refractivity contribution is 0.355. The highest BCUT2D eigenvalue weighted by Gasteiger charge is 2.24. The van der Waals surface area contributed by atoms with Gasteiger partial charge in [0.05, 0.1) is 19.9 Å². The van der Waals surface area contributed by atoms with Crippen LogP contribution in [0, 0.1) is 20.8 Å². The van der Waals surface area contributed by atoms with Crippen LogP contribution in [-0.4, -0.2) is 28.9 Å². The predicted octanol–water partition coefficient (Wildman–Crippen LogP) is 4.98. The molecule has 29 heavy (non-hydrogen) atoms. The maximum Gasteiger partial charge on any atom is 0.186 e. The van der Waals surface area contributed by atoms with Crippen LogP contribution >= 0.6 is 0 Å². The number of aromatic nitrogens is 3. The average molecular weight is 388 g/mol. The molecule has 0 aliphatic carbocycles. The fraction of sp³-hybridized carbons (Fsp3) is 0.217. The smallest absolute Gasteiger partial charge is 0.186 e. The highest BCUT2D eigenvalue weighted by molar-refractivity contribution is 5.81. The Morgan fingerprint density at radius 2 is 1.55 bits per heavy atom. The lowest BCUT2D eigenvalue weighted by atomic mass is 10.1. The Morgan fingerprint density at radius 3 is 2.24 bits per heavy atom. The zero-order valence-corrected chi connectivity index (χ0v) is 17.3. The van der Waals surface area contributed by atoms with Crippen molar-refractivity contribution in [3.8, 4) is 11.5 Å². The number of benzene rings is 2. The zero-order valence-electron chi connectivity index (χ0n) is 17.3. The van der Waals surface area contributed by atoms with Crippen molar-refractivity contribution in [1.82, 2.24) is 14.6 Å². The number of nitrogens with zero attached hydrogens (tertiary/aromatic N) is 4. The highest BCUT2D eigenvalue weighted by Crippen LogP contribution is 2.43. The summed E-state index contributed by atoms with van der Waals surface area (Å²) in [7, 11) is 3.29. The van der Waals surface area contributed by atoms with Gasteiger partial charge in [-0.2, -0.15) is 0 Å². The maximum atomic E-state index is 5.76. The van der Waals surface area contributed by atoms with Crippen molar-refractivity contribution in [3.63, 3.8) is 0 Å². The van der Waals surface area contributed by atoms with Gasteiger partial charge in [-0.1, -0.05) is 24.3 Å². The molecule has 0 amide bonds. The summed E-state index contributed by atoms with van der Waals surface area (Å²) in [5.74, 6) is 1.31. The molecule has 0 fully saturated rings. The summed E-state index contributed by atoms with van der Waals surface area (Å²) in [6, 6.07) is 14.1. The normalized spacial score (nSPS) is 10.9. The van der Waals surface area contributed by atoms with Gasteiger partial charge in [0, 0.05) is 6.20 Å². The molecule has 0 saturated carbocycles. The molecule has 4 aromatic rings. The van der Waals surface area contributed by atoms with Crippen LogP contribution in [-0.2, 0) is 0 Å². The second-order valence-corrected chi connectivity index (χ2v) is 6.95. The Balaban J connectivity index is 2.08. The van der Waals surface area contributed by atoms with Crippen molar-refractivity contribution in [2.24, 2.45) is 0 Å². The van der Waals surface area contributed by atoms with E-state index in [1.165, 1.54) is 0 Å². The largest absolute Gasteiger partial charge is 0.493 e. The molecule has 4 rings (SSSR count). The Bertz CT molecular complexity index is 1160. The number of hydrogen-bond donors (Lipinski definition) is 0. The molecule has 0 N–H and O–H groups in total. The second kappa shape index (κ2) is 7.47. The van der Waals surface area contributed by atoms with Gasteiger partial charge >= 0.3 is 0 Å². The summed E-state index contributed by atoms with van der Waals surface area (Å²) < 4.78 is 13.3. The SMILES string of the molecule is COc1cccc(N(c2c(C)cccc2C)n2cnc3c(C)ccnc32)c1OC. The minimum absolute atomic E-state index is 0.646. The van der Waals surface area contributed by atoms with Gasteiger partial charge in [-0.25, -0.2) is 19.7 Å². The second-order valence-electron chi connectivity index (χ2n) is 6.95. The van der Waals surface area contributed by atoms with Crippen molar-refractivity contribution < 1.29 is 9.47 Å². The Kier molecular flexibility index (Phi) is 4.84. The quantitative estimate of drug-likeness (QED) is 0.483. The van der Waals surface area contributed by atoms with Gasteiger partial charge in [-0.15, -0.1) is 0 Å². The van der Waals surface area contributed by atoms with Gasteiger partial charge in [0.15, 0.2) is 17.1 Å². The van der Waals surface area contributed by atoms with Crippen molar-refractivity contribution in [2.45, 2.75) is 20.8 Å². The predicted molar refractivity (Wildman–Crippen MR) is 115 cm³/mol. The molecule has 6 heteroatoms. The Morgan fingerprint density at radius 1 is 0.828 bits per heavy atom. The molecule has 2 heterocycles. The van der Waals surface area contributed by atoms with Crippen LogP contribution in [0.3, 0.4) is 0 Å². The van der Waals surface area contributed by atoms with Crippen LogP contribution < -0.4 is 14.5 Å². The summed E-state index contributed by atoms with van der Waals surface area (Å²) in [6.45, 7) is 6.23. The summed E-state index contributed by atoms with van der Waals surface area (Å²) in [6.07, 6.45) is 3.61. The van der Waals surface area contributed by atoms with Gasteiger partial charge in [0.2, 0.25) is 0 Å². The first-order valence-electron chi connectivity index (χ1n) is 9.43. The molecule has 6 nitrogen and oxygen atoms in total. The van der Waals surface area contributed by atoms with Crippen LogP contribution in [0.25, 0.3) is 11.2 Å². The lowest BCUT2D eigenvalue weighted by Crippen LogP contribution is -2.26.